The summed E-state index contributed by atoms with van der Waals surface area (Å²) in [5, 5.41) is 5.74. The normalized spacial score (nSPS) is 15.4. The smallest absolute Gasteiger partial charge is 0.275 e. The number of anilines is 1. The first-order valence-electron chi connectivity index (χ1n) is 10.3. The molecule has 0 unspecified atom stereocenters. The lowest BCUT2D eigenvalue weighted by Gasteiger charge is -2.30. The van der Waals surface area contributed by atoms with Gasteiger partial charge in [-0.05, 0) is 49.6 Å². The summed E-state index contributed by atoms with van der Waals surface area (Å²) in [6, 6.07) is 8.21. The molecular weight excluding hydrogens is 484 g/mol. The first kappa shape index (κ1) is 23.6. The van der Waals surface area contributed by atoms with Crippen molar-refractivity contribution in [2.75, 3.05) is 25.5 Å². The Labute approximate surface area is 201 Å². The lowest BCUT2D eigenvalue weighted by atomic mass is 9.99. The zero-order valence-electron chi connectivity index (χ0n) is 18.1. The Kier molecular flexibility index (Phi) is 6.99. The van der Waals surface area contributed by atoms with E-state index in [1.165, 1.54) is 28.8 Å². The monoisotopic (exact) mass is 506 g/mol. The first-order valence-corrected chi connectivity index (χ1v) is 13.0. The number of thiazole rings is 1. The number of sulfonamides is 1. The fourth-order valence-electron chi connectivity index (χ4n) is 3.64. The number of pyridine rings is 1. The van der Waals surface area contributed by atoms with Crippen LogP contribution in [0.2, 0.25) is 5.02 Å². The molecule has 1 aliphatic heterocycles. The number of nitrogens with zero attached hydrogens (tertiary/aromatic N) is 3. The quantitative estimate of drug-likeness (QED) is 0.534. The molecule has 1 aromatic carbocycles. The number of methoxy groups -OCH3 is 1. The maximum absolute atomic E-state index is 13.0. The molecule has 0 radical (unpaired) electrons. The van der Waals surface area contributed by atoms with Crippen LogP contribution in [0.5, 0.6) is 5.88 Å². The highest BCUT2D eigenvalue weighted by Crippen LogP contribution is 2.33. The zero-order valence-corrected chi connectivity index (χ0v) is 20.5. The number of halogens is 1. The van der Waals surface area contributed by atoms with Crippen molar-refractivity contribution in [1.29, 1.82) is 0 Å². The number of ether oxygens (including phenoxy) is 1. The molecular formula is C22H23ClN4O4S2. The molecule has 1 amide bonds. The Morgan fingerprint density at radius 1 is 1.27 bits per heavy atom. The molecule has 1 saturated heterocycles. The van der Waals surface area contributed by atoms with Gasteiger partial charge >= 0.3 is 0 Å². The van der Waals surface area contributed by atoms with Crippen molar-refractivity contribution in [3.05, 3.63) is 63.2 Å². The number of hydrogen-bond donors (Lipinski definition) is 1. The zero-order chi connectivity index (χ0) is 23.6. The predicted octanol–water partition coefficient (Wildman–Crippen LogP) is 4.33. The van der Waals surface area contributed by atoms with Crippen molar-refractivity contribution in [3.8, 4) is 5.88 Å². The summed E-state index contributed by atoms with van der Waals surface area (Å²) in [7, 11) is -2.12. The first-order chi connectivity index (χ1) is 15.8. The fraction of sp³-hybridized carbons (Fsp3) is 0.318. The van der Waals surface area contributed by atoms with Gasteiger partial charge in [0.25, 0.3) is 5.91 Å². The van der Waals surface area contributed by atoms with Gasteiger partial charge in [-0.25, -0.2) is 18.4 Å². The fourth-order valence-corrected chi connectivity index (χ4v) is 6.35. The Morgan fingerprint density at radius 3 is 2.73 bits per heavy atom. The minimum Gasteiger partial charge on any atom is -0.480 e. The molecule has 1 N–H and O–H groups in total. The van der Waals surface area contributed by atoms with E-state index in [-0.39, 0.29) is 16.7 Å². The van der Waals surface area contributed by atoms with Crippen molar-refractivity contribution >= 4 is 44.6 Å². The molecule has 0 saturated carbocycles. The maximum atomic E-state index is 13.0. The van der Waals surface area contributed by atoms with Crippen LogP contribution in [0.25, 0.3) is 0 Å². The number of rotatable bonds is 6. The summed E-state index contributed by atoms with van der Waals surface area (Å²) in [5.74, 6) is 0.0716. The molecule has 0 spiro atoms. The van der Waals surface area contributed by atoms with E-state index >= 15 is 0 Å². The second kappa shape index (κ2) is 9.76. The predicted molar refractivity (Wildman–Crippen MR) is 128 cm³/mol. The summed E-state index contributed by atoms with van der Waals surface area (Å²) in [5.41, 5.74) is 1.61. The third-order valence-corrected chi connectivity index (χ3v) is 8.86. The number of aryl methyl sites for hydroxylation is 1. The van der Waals surface area contributed by atoms with E-state index in [2.05, 4.69) is 15.3 Å². The third kappa shape index (κ3) is 5.03. The number of piperidine rings is 1. The summed E-state index contributed by atoms with van der Waals surface area (Å²) >= 11 is 7.53. The van der Waals surface area contributed by atoms with Gasteiger partial charge in [-0.15, -0.1) is 11.3 Å². The highest BCUT2D eigenvalue weighted by atomic mass is 35.5. The van der Waals surface area contributed by atoms with E-state index < -0.39 is 10.0 Å². The molecule has 0 atom stereocenters. The minimum atomic E-state index is -3.61. The van der Waals surface area contributed by atoms with Gasteiger partial charge in [-0.1, -0.05) is 17.7 Å². The molecule has 1 aliphatic rings. The number of amides is 1. The summed E-state index contributed by atoms with van der Waals surface area (Å²) < 4.78 is 32.6. The van der Waals surface area contributed by atoms with Crippen LogP contribution in [0, 0.1) is 6.92 Å². The standard InChI is InChI=1S/C22H23ClN4O4S2/c1-14-5-6-16(12-17(14)23)33(29,30)27-10-7-15(8-11-27)22-26-19(13-32-22)20(28)25-18-4-3-9-24-21(18)31-2/h3-6,9,12-13,15H,7-8,10-11H2,1-2H3,(H,25,28). The molecule has 174 valence electrons. The van der Waals surface area contributed by atoms with Crippen LogP contribution in [-0.2, 0) is 10.0 Å². The SMILES string of the molecule is COc1ncccc1NC(=O)c1csc(C2CCN(S(=O)(=O)c3ccc(C)c(Cl)c3)CC2)n1. The summed E-state index contributed by atoms with van der Waals surface area (Å²) in [4.78, 5) is 21.4. The molecule has 3 heterocycles. The molecule has 11 heteroatoms. The second-order valence-electron chi connectivity index (χ2n) is 7.67. The highest BCUT2D eigenvalue weighted by Gasteiger charge is 2.31. The van der Waals surface area contributed by atoms with Crippen molar-refractivity contribution in [3.63, 3.8) is 0 Å². The van der Waals surface area contributed by atoms with Gasteiger partial charge in [-0.3, -0.25) is 4.79 Å². The van der Waals surface area contributed by atoms with Gasteiger partial charge in [0.1, 0.15) is 11.4 Å². The van der Waals surface area contributed by atoms with Crippen LogP contribution < -0.4 is 10.1 Å². The van der Waals surface area contributed by atoms with Gasteiger partial charge in [0.2, 0.25) is 15.9 Å². The van der Waals surface area contributed by atoms with Crippen molar-refractivity contribution in [1.82, 2.24) is 14.3 Å². The number of carbonyl (C=O) groups is 1. The van der Waals surface area contributed by atoms with Crippen LogP contribution in [0.1, 0.15) is 39.8 Å². The van der Waals surface area contributed by atoms with Gasteiger partial charge in [0.05, 0.1) is 17.0 Å². The number of aromatic nitrogens is 2. The van der Waals surface area contributed by atoms with E-state index in [4.69, 9.17) is 16.3 Å². The molecule has 1 fully saturated rings. The van der Waals surface area contributed by atoms with Crippen molar-refractivity contribution in [2.45, 2.75) is 30.6 Å². The Bertz CT molecular complexity index is 1270. The van der Waals surface area contributed by atoms with Crippen LogP contribution in [0.4, 0.5) is 5.69 Å². The Hall–Kier alpha value is -2.53. The molecule has 3 aromatic rings. The lowest BCUT2D eigenvalue weighted by Crippen LogP contribution is -2.37. The number of benzene rings is 1. The third-order valence-electron chi connectivity index (χ3n) is 5.55. The molecule has 8 nitrogen and oxygen atoms in total. The minimum absolute atomic E-state index is 0.0949. The van der Waals surface area contributed by atoms with Crippen LogP contribution in [0.15, 0.2) is 46.8 Å². The summed E-state index contributed by atoms with van der Waals surface area (Å²) in [6.45, 7) is 2.60. The average molecular weight is 507 g/mol. The molecule has 4 rings (SSSR count). The van der Waals surface area contributed by atoms with Crippen molar-refractivity contribution < 1.29 is 17.9 Å². The van der Waals surface area contributed by atoms with Gasteiger partial charge in [-0.2, -0.15) is 4.31 Å². The van der Waals surface area contributed by atoms with E-state index in [0.717, 1.165) is 10.6 Å². The lowest BCUT2D eigenvalue weighted by molar-refractivity contribution is 0.102. The number of carbonyl (C=O) groups excluding carboxylic acids is 1. The van der Waals surface area contributed by atoms with Gasteiger partial charge in [0, 0.05) is 35.6 Å². The second-order valence-corrected chi connectivity index (χ2v) is 10.9. The maximum Gasteiger partial charge on any atom is 0.275 e. The topological polar surface area (TPSA) is 101 Å². The van der Waals surface area contributed by atoms with E-state index in [9.17, 15) is 13.2 Å². The van der Waals surface area contributed by atoms with Gasteiger partial charge < -0.3 is 10.1 Å². The summed E-state index contributed by atoms with van der Waals surface area (Å²) in [6.07, 6.45) is 2.84. The van der Waals surface area contributed by atoms with E-state index in [1.54, 1.807) is 35.8 Å². The number of nitrogens with one attached hydrogen (secondary N) is 1. The van der Waals surface area contributed by atoms with Crippen LogP contribution in [-0.4, -0.2) is 48.8 Å². The van der Waals surface area contributed by atoms with E-state index in [1.807, 2.05) is 6.92 Å². The van der Waals surface area contributed by atoms with Gasteiger partial charge in [0.15, 0.2) is 0 Å². The van der Waals surface area contributed by atoms with Crippen LogP contribution >= 0.6 is 22.9 Å². The molecule has 0 bridgehead atoms. The molecule has 0 aliphatic carbocycles. The molecule has 2 aromatic heterocycles. The average Bonchev–Trinajstić information content (AvgIpc) is 3.32. The molecule has 33 heavy (non-hydrogen) atoms. The van der Waals surface area contributed by atoms with Crippen LogP contribution in [0.3, 0.4) is 0 Å². The Balaban J connectivity index is 1.40. The van der Waals surface area contributed by atoms with Crippen molar-refractivity contribution in [2.24, 2.45) is 0 Å². The number of hydrogen-bond acceptors (Lipinski definition) is 7. The van der Waals surface area contributed by atoms with E-state index in [0.29, 0.717) is 48.2 Å². The Morgan fingerprint density at radius 2 is 2.03 bits per heavy atom. The highest BCUT2D eigenvalue weighted by molar-refractivity contribution is 7.89. The largest absolute Gasteiger partial charge is 0.480 e.